The molecule has 7 nitrogen and oxygen atoms in total. The molecule has 2 aliphatic heterocycles. The topological polar surface area (TPSA) is 82.5 Å². The number of halogens is 8. The summed E-state index contributed by atoms with van der Waals surface area (Å²) in [7, 11) is 0. The fourth-order valence-electron chi connectivity index (χ4n) is 5.27. The predicted molar refractivity (Wildman–Crippen MR) is 226 cm³/mol. The van der Waals surface area contributed by atoms with Gasteiger partial charge in [0, 0.05) is 5.56 Å². The lowest BCUT2D eigenvalue weighted by Crippen LogP contribution is -2.34. The fraction of sp³-hybridized carbons (Fsp3) is 0.406. The first-order valence-corrected chi connectivity index (χ1v) is 20.6. The van der Waals surface area contributed by atoms with Crippen molar-refractivity contribution in [3.63, 3.8) is 0 Å². The number of nitrogens with zero attached hydrogens (tertiary/aromatic N) is 2. The summed E-state index contributed by atoms with van der Waals surface area (Å²) < 4.78 is 14.1. The van der Waals surface area contributed by atoms with Crippen molar-refractivity contribution in [2.24, 2.45) is 0 Å². The van der Waals surface area contributed by atoms with Gasteiger partial charge in [-0.15, -0.1) is 0 Å². The summed E-state index contributed by atoms with van der Waals surface area (Å²) in [6, 6.07) is 3.30. The minimum atomic E-state index is -1.62. The van der Waals surface area contributed by atoms with Crippen LogP contribution in [0, 0.1) is 14.3 Å². The zero-order valence-corrected chi connectivity index (χ0v) is 38.1. The number of rotatable bonds is 6. The molecule has 1 spiro atoms. The lowest BCUT2D eigenvalue weighted by atomic mass is 9.77. The maximum absolute atomic E-state index is 13.3. The molecule has 0 fully saturated rings. The third kappa shape index (κ3) is 7.98. The zero-order valence-electron chi connectivity index (χ0n) is 26.4. The van der Waals surface area contributed by atoms with Crippen molar-refractivity contribution in [1.82, 2.24) is 9.80 Å². The van der Waals surface area contributed by atoms with E-state index < -0.39 is 11.6 Å². The largest absolute Gasteiger partial charge is 0.506 e. The van der Waals surface area contributed by atoms with E-state index in [-0.39, 0.29) is 54.2 Å². The molecule has 2 N–H and O–H groups in total. The number of phenols is 2. The molecule has 2 aliphatic rings. The summed E-state index contributed by atoms with van der Waals surface area (Å²) >= 11 is 33.7. The average Bonchev–Trinajstić information content (AvgIpc) is 3.37. The molecule has 0 radical (unpaired) electrons. The SMILES string of the molecule is CCN(CC)CC.CCN(CC)CC.O=C1OC2(c3cc(I)c(O)c(I)c3Oc3c2cc(I)c(O)c3I)c2c(Cl)c(Cl)c(Cl)c(Cl)c21. The van der Waals surface area contributed by atoms with Gasteiger partial charge in [-0.2, -0.15) is 0 Å². The number of aromatic hydroxyl groups is 2. The van der Waals surface area contributed by atoms with Gasteiger partial charge in [-0.3, -0.25) is 0 Å². The molecule has 0 amide bonds. The molecule has 5 rings (SSSR count). The normalized spacial score (nSPS) is 13.7. The fourth-order valence-corrected chi connectivity index (χ4v) is 9.91. The molecule has 0 saturated heterocycles. The van der Waals surface area contributed by atoms with Gasteiger partial charge < -0.3 is 29.5 Å². The molecule has 0 atom stereocenters. The highest BCUT2D eigenvalue weighted by Gasteiger charge is 2.58. The van der Waals surface area contributed by atoms with Crippen LogP contribution >= 0.6 is 137 Å². The number of esters is 1. The minimum Gasteiger partial charge on any atom is -0.506 e. The Hall–Kier alpha value is 0.530. The van der Waals surface area contributed by atoms with E-state index in [2.05, 4.69) is 51.3 Å². The van der Waals surface area contributed by atoms with Crippen LogP contribution in [-0.2, 0) is 10.3 Å². The smallest absolute Gasteiger partial charge is 0.341 e. The second kappa shape index (κ2) is 17.8. The van der Waals surface area contributed by atoms with E-state index in [0.29, 0.717) is 25.4 Å². The van der Waals surface area contributed by atoms with Crippen molar-refractivity contribution >= 4 is 143 Å². The summed E-state index contributed by atoms with van der Waals surface area (Å²) in [5.74, 6) is -0.246. The monoisotopic (exact) mass is 1170 g/mol. The van der Waals surface area contributed by atoms with Gasteiger partial charge in [0.1, 0.15) is 11.5 Å². The van der Waals surface area contributed by atoms with Crippen molar-refractivity contribution in [3.05, 3.63) is 68.8 Å². The van der Waals surface area contributed by atoms with Gasteiger partial charge in [-0.05, 0) is 142 Å². The number of phenolic OH excluding ortho intramolecular Hbond substituents is 2. The van der Waals surface area contributed by atoms with Gasteiger partial charge in [-0.25, -0.2) is 4.79 Å². The minimum absolute atomic E-state index is 0.00102. The van der Waals surface area contributed by atoms with E-state index in [4.69, 9.17) is 55.9 Å². The maximum atomic E-state index is 13.3. The van der Waals surface area contributed by atoms with Gasteiger partial charge in [-0.1, -0.05) is 87.9 Å². The number of ether oxygens (including phenoxy) is 2. The van der Waals surface area contributed by atoms with Crippen LogP contribution in [0.25, 0.3) is 0 Å². The Morgan fingerprint density at radius 1 is 0.660 bits per heavy atom. The average molecular weight is 1180 g/mol. The van der Waals surface area contributed by atoms with Crippen LogP contribution in [0.15, 0.2) is 12.1 Å². The van der Waals surface area contributed by atoms with E-state index in [1.54, 1.807) is 12.1 Å². The number of carbonyl (C=O) groups excluding carboxylic acids is 1. The first kappa shape index (κ1) is 41.9. The van der Waals surface area contributed by atoms with E-state index in [1.807, 2.05) is 90.4 Å². The van der Waals surface area contributed by atoms with Crippen molar-refractivity contribution < 1.29 is 24.5 Å². The second-order valence-corrected chi connectivity index (χ2v) is 16.2. The van der Waals surface area contributed by atoms with Crippen LogP contribution < -0.4 is 4.74 Å². The molecule has 47 heavy (non-hydrogen) atoms. The number of benzene rings is 3. The second-order valence-electron chi connectivity index (χ2n) is 10.2. The third-order valence-electron chi connectivity index (χ3n) is 8.01. The number of hydrogen-bond acceptors (Lipinski definition) is 7. The van der Waals surface area contributed by atoms with Crippen LogP contribution in [0.1, 0.15) is 68.6 Å². The summed E-state index contributed by atoms with van der Waals surface area (Å²) in [5, 5.41) is 21.0. The quantitative estimate of drug-likeness (QED) is 0.110. The van der Waals surface area contributed by atoms with E-state index >= 15 is 0 Å². The van der Waals surface area contributed by atoms with Crippen LogP contribution in [0.5, 0.6) is 23.0 Å². The maximum Gasteiger partial charge on any atom is 0.341 e. The van der Waals surface area contributed by atoms with Crippen molar-refractivity contribution in [2.45, 2.75) is 47.1 Å². The number of fused-ring (bicyclic) bond motifs is 6. The Labute approximate surface area is 350 Å². The van der Waals surface area contributed by atoms with Crippen LogP contribution in [0.3, 0.4) is 0 Å². The van der Waals surface area contributed by atoms with Gasteiger partial charge in [0.05, 0.1) is 51.1 Å². The third-order valence-corrected chi connectivity index (χ3v) is 13.5. The van der Waals surface area contributed by atoms with Crippen molar-refractivity contribution in [3.8, 4) is 23.0 Å². The van der Waals surface area contributed by atoms with E-state index in [9.17, 15) is 15.0 Å². The standard InChI is InChI=1S/C20H4Cl4I4O5.2C6H15N/c21-9-7-8(10(22)12(24)11(9)23)20(33-19(7)31)3-1-5(25)15(29)13(27)17(3)32-18-4(20)2-6(26)16(30)14(18)28;2*1-4-7(5-2)6-3/h1-2,29-30H;2*4-6H2,1-3H3. The highest BCUT2D eigenvalue weighted by atomic mass is 127. The summed E-state index contributed by atoms with van der Waals surface area (Å²) in [6.07, 6.45) is 0. The summed E-state index contributed by atoms with van der Waals surface area (Å²) in [4.78, 5) is 18.0. The molecular formula is C32H34Cl4I4N2O5. The highest BCUT2D eigenvalue weighted by molar-refractivity contribution is 14.1. The van der Waals surface area contributed by atoms with Gasteiger partial charge >= 0.3 is 5.97 Å². The lowest BCUT2D eigenvalue weighted by molar-refractivity contribution is 0.0223. The van der Waals surface area contributed by atoms with E-state index in [1.165, 1.54) is 39.3 Å². The van der Waals surface area contributed by atoms with Crippen molar-refractivity contribution in [2.75, 3.05) is 39.3 Å². The first-order valence-electron chi connectivity index (χ1n) is 14.8. The zero-order chi connectivity index (χ0) is 35.5. The number of carbonyl (C=O) groups is 1. The summed E-state index contributed by atoms with van der Waals surface area (Å²) in [6.45, 7) is 20.2. The van der Waals surface area contributed by atoms with Crippen LogP contribution in [-0.4, -0.2) is 65.3 Å². The Balaban J connectivity index is 0.000000360. The molecule has 0 aliphatic carbocycles. The predicted octanol–water partition coefficient (Wildman–Crippen LogP) is 11.4. The van der Waals surface area contributed by atoms with E-state index in [0.717, 1.165) is 0 Å². The van der Waals surface area contributed by atoms with Crippen molar-refractivity contribution in [1.29, 1.82) is 0 Å². The van der Waals surface area contributed by atoms with Crippen LogP contribution in [0.4, 0.5) is 0 Å². The molecule has 3 aromatic carbocycles. The summed E-state index contributed by atoms with van der Waals surface area (Å²) in [5.41, 5.74) is -0.574. The molecular weight excluding hydrogens is 1140 g/mol. The Kier molecular flexibility index (Phi) is 15.9. The molecule has 3 aromatic rings. The molecule has 15 heteroatoms. The van der Waals surface area contributed by atoms with Gasteiger partial charge in [0.25, 0.3) is 0 Å². The molecule has 0 saturated carbocycles. The Morgan fingerprint density at radius 3 is 1.36 bits per heavy atom. The molecule has 0 unspecified atom stereocenters. The molecule has 0 aromatic heterocycles. The Morgan fingerprint density at radius 2 is 1.02 bits per heavy atom. The first-order chi connectivity index (χ1) is 22.1. The number of hydrogen-bond donors (Lipinski definition) is 2. The lowest BCUT2D eigenvalue weighted by Gasteiger charge is -2.38. The molecule has 2 heterocycles. The molecule has 0 bridgehead atoms. The Bertz CT molecular complexity index is 1580. The molecule has 258 valence electrons. The van der Waals surface area contributed by atoms with Gasteiger partial charge in [0.15, 0.2) is 17.1 Å². The van der Waals surface area contributed by atoms with Crippen LogP contribution in [0.2, 0.25) is 20.1 Å². The van der Waals surface area contributed by atoms with Gasteiger partial charge in [0.2, 0.25) is 0 Å². The highest BCUT2D eigenvalue weighted by Crippen LogP contribution is 2.63.